The van der Waals surface area contributed by atoms with Gasteiger partial charge in [-0.1, -0.05) is 317 Å². The molecule has 0 atom stereocenters. The van der Waals surface area contributed by atoms with Crippen molar-refractivity contribution in [2.45, 2.75) is 48.0 Å². The summed E-state index contributed by atoms with van der Waals surface area (Å²) >= 11 is 7.30. The van der Waals surface area contributed by atoms with E-state index in [0.29, 0.717) is 0 Å². The Morgan fingerprint density at radius 2 is 0.551 bits per heavy atom. The number of anilines is 6. The van der Waals surface area contributed by atoms with E-state index in [0.717, 1.165) is 121 Å². The second kappa shape index (κ2) is 29.3. The lowest BCUT2D eigenvalue weighted by atomic mass is 9.91. The van der Waals surface area contributed by atoms with Gasteiger partial charge in [0.15, 0.2) is 0 Å². The SMILES string of the molecule is Brc1ccc2ccc3c(Br)ccc4ccc1c2c43.Cc1cccc(C)c1Cc1cccc(-c2cccc3c2oc2ccccc23)c1.Cc1cccc(C)c1N(c1cccc(-c2cccc3c2oc2ccccc23)c1)c1ccc2ccc3c(N(c4cccc(-c5cccc6c5oc5ccccc56)c4)c4c(C)cccc4C)ccc4ccc1c2c43. The van der Waals surface area contributed by atoms with E-state index in [1.54, 1.807) is 0 Å². The molecule has 0 spiro atoms. The number of nitrogens with zero attached hydrogens (tertiary/aromatic N) is 2. The average molecular weight is 1650 g/mol. The number of fused-ring (bicyclic) bond motifs is 9. The standard InChI is InChI=1S/C68H48N2O2.C27H22O.C16H8Br2/c1-41-15-9-16-42(2)65(41)69(49-21-11-19-47(39-49)51-25-13-27-55-53-23-5-7-29-61(53)71-67(51)55)59-37-33-45-32-36-58-60(38-34-46-31-35-57(59)63(45)64(46)58)70(66-43(3)17-10-18-44(66)4)50-22-12-20-48(40-50)52-26-14-28-56-54-24-6-8-30-62(54)72-68(52)56;1-18-8-5-9-19(2)25(18)17-20-10-6-11-21(16-20)22-13-7-14-24-23-12-3-4-15-26(23)28-27(22)24;17-13-8-4-10-2-6-12-14(18)7-3-9-1-5-11(13)16(10)15(9)12/h5-40H,1-4H3;3-16H,17H2,1-2H3;1-8H. The molecule has 0 saturated carbocycles. The number of hydrogen-bond acceptors (Lipinski definition) is 5. The molecular weight excluding hydrogens is 1570 g/mol. The highest BCUT2D eigenvalue weighted by Crippen LogP contribution is 2.52. The first-order valence-electron chi connectivity index (χ1n) is 40.3. The number of rotatable bonds is 11. The van der Waals surface area contributed by atoms with Crippen molar-refractivity contribution in [2.24, 2.45) is 0 Å². The van der Waals surface area contributed by atoms with Gasteiger partial charge in [0, 0.05) is 80.1 Å². The Labute approximate surface area is 700 Å². The zero-order valence-corrected chi connectivity index (χ0v) is 69.2. The van der Waals surface area contributed by atoms with Crippen LogP contribution in [0.1, 0.15) is 44.5 Å². The number of furan rings is 3. The summed E-state index contributed by atoms with van der Waals surface area (Å²) in [6.45, 7) is 13.3. The summed E-state index contributed by atoms with van der Waals surface area (Å²) in [7, 11) is 0. The van der Waals surface area contributed by atoms with E-state index in [2.05, 4.69) is 411 Å². The molecule has 23 rings (SSSR count). The average Bonchev–Trinajstić information content (AvgIpc) is 1.14. The van der Waals surface area contributed by atoms with E-state index in [-0.39, 0.29) is 0 Å². The third kappa shape index (κ3) is 12.2. The second-order valence-corrected chi connectivity index (χ2v) is 33.2. The van der Waals surface area contributed by atoms with Gasteiger partial charge in [-0.2, -0.15) is 0 Å². The van der Waals surface area contributed by atoms with Crippen LogP contribution in [0.3, 0.4) is 0 Å². The predicted molar refractivity (Wildman–Crippen MR) is 507 cm³/mol. The van der Waals surface area contributed by atoms with E-state index in [1.165, 1.54) is 137 Å². The minimum Gasteiger partial charge on any atom is -0.455 e. The summed E-state index contributed by atoms with van der Waals surface area (Å²) in [4.78, 5) is 4.97. The van der Waals surface area contributed by atoms with Gasteiger partial charge < -0.3 is 23.1 Å². The largest absolute Gasteiger partial charge is 0.455 e. The first-order chi connectivity index (χ1) is 57.8. The van der Waals surface area contributed by atoms with Crippen molar-refractivity contribution in [1.29, 1.82) is 0 Å². The van der Waals surface area contributed by atoms with Crippen LogP contribution in [0, 0.1) is 41.5 Å². The minimum absolute atomic E-state index is 0.896. The van der Waals surface area contributed by atoms with Crippen LogP contribution in [0.5, 0.6) is 0 Å². The smallest absolute Gasteiger partial charge is 0.143 e. The molecule has 118 heavy (non-hydrogen) atoms. The van der Waals surface area contributed by atoms with Crippen molar-refractivity contribution < 1.29 is 13.3 Å². The summed E-state index contributed by atoms with van der Waals surface area (Å²) < 4.78 is 21.7. The van der Waals surface area contributed by atoms with Crippen molar-refractivity contribution in [1.82, 2.24) is 0 Å². The second-order valence-electron chi connectivity index (χ2n) is 31.5. The molecule has 0 aliphatic heterocycles. The zero-order valence-electron chi connectivity index (χ0n) is 66.1. The summed E-state index contributed by atoms with van der Waals surface area (Å²) in [6, 6.07) is 127. The highest BCUT2D eigenvalue weighted by Gasteiger charge is 2.27. The van der Waals surface area contributed by atoms with Gasteiger partial charge >= 0.3 is 0 Å². The first kappa shape index (κ1) is 72.2. The van der Waals surface area contributed by atoms with Gasteiger partial charge in [0.25, 0.3) is 0 Å². The van der Waals surface area contributed by atoms with Crippen LogP contribution in [0.4, 0.5) is 34.1 Å². The molecule has 0 radical (unpaired) electrons. The van der Waals surface area contributed by atoms with Gasteiger partial charge in [-0.05, 0) is 230 Å². The normalized spacial score (nSPS) is 11.8. The molecule has 3 heterocycles. The number of para-hydroxylation sites is 8. The van der Waals surface area contributed by atoms with E-state index in [9.17, 15) is 0 Å². The van der Waals surface area contributed by atoms with E-state index in [1.807, 2.05) is 24.3 Å². The lowest BCUT2D eigenvalue weighted by molar-refractivity contribution is 0.669. The van der Waals surface area contributed by atoms with Gasteiger partial charge in [0.1, 0.15) is 33.5 Å². The first-order valence-corrected chi connectivity index (χ1v) is 41.9. The maximum Gasteiger partial charge on any atom is 0.143 e. The van der Waals surface area contributed by atoms with Gasteiger partial charge in [-0.15, -0.1) is 0 Å². The maximum atomic E-state index is 6.60. The van der Waals surface area contributed by atoms with Gasteiger partial charge in [0.05, 0.1) is 22.7 Å². The summed E-state index contributed by atoms with van der Waals surface area (Å²) in [5.74, 6) is 0. The van der Waals surface area contributed by atoms with Crippen molar-refractivity contribution in [3.63, 3.8) is 0 Å². The highest BCUT2D eigenvalue weighted by molar-refractivity contribution is 9.11. The highest BCUT2D eigenvalue weighted by atomic mass is 79.9. The molecule has 5 nitrogen and oxygen atoms in total. The fourth-order valence-corrected chi connectivity index (χ4v) is 19.6. The third-order valence-electron chi connectivity index (χ3n) is 24.3. The molecule has 7 heteroatoms. The van der Waals surface area contributed by atoms with Crippen molar-refractivity contribution in [3.05, 3.63) is 405 Å². The number of halogens is 2. The molecule has 564 valence electrons. The summed E-state index contributed by atoms with van der Waals surface area (Å²) in [5.41, 5.74) is 29.2. The van der Waals surface area contributed by atoms with E-state index < -0.39 is 0 Å². The van der Waals surface area contributed by atoms with Gasteiger partial charge in [-0.25, -0.2) is 0 Å². The Morgan fingerprint density at radius 3 is 0.949 bits per heavy atom. The Morgan fingerprint density at radius 1 is 0.246 bits per heavy atom. The molecular formula is C111H78Br2N2O3. The molecule has 0 amide bonds. The zero-order chi connectivity index (χ0) is 79.6. The molecule has 20 aromatic carbocycles. The van der Waals surface area contributed by atoms with E-state index in [4.69, 9.17) is 13.3 Å². The van der Waals surface area contributed by atoms with Gasteiger partial charge in [0.2, 0.25) is 0 Å². The lowest BCUT2D eigenvalue weighted by Gasteiger charge is -2.32. The Bertz CT molecular complexity index is 7510. The summed E-state index contributed by atoms with van der Waals surface area (Å²) in [5, 5.41) is 22.0. The quantitative estimate of drug-likeness (QED) is 0.121. The molecule has 0 aliphatic carbocycles. The molecule has 0 aliphatic rings. The van der Waals surface area contributed by atoms with Crippen molar-refractivity contribution in [3.8, 4) is 33.4 Å². The van der Waals surface area contributed by atoms with Crippen molar-refractivity contribution >= 4 is 196 Å². The molecule has 0 unspecified atom stereocenters. The Balaban J connectivity index is 0.000000151. The lowest BCUT2D eigenvalue weighted by Crippen LogP contribution is -2.14. The molecule has 23 aromatic rings. The van der Waals surface area contributed by atoms with Crippen LogP contribution in [0.2, 0.25) is 0 Å². The fourth-order valence-electron chi connectivity index (χ4n) is 18.7. The van der Waals surface area contributed by atoms with Crippen LogP contribution < -0.4 is 9.80 Å². The van der Waals surface area contributed by atoms with Crippen LogP contribution in [0.15, 0.2) is 374 Å². The Hall–Kier alpha value is -13.6. The topological polar surface area (TPSA) is 45.9 Å². The van der Waals surface area contributed by atoms with Crippen LogP contribution in [-0.4, -0.2) is 0 Å². The predicted octanol–water partition coefficient (Wildman–Crippen LogP) is 33.5. The molecule has 0 fully saturated rings. The summed E-state index contributed by atoms with van der Waals surface area (Å²) in [6.07, 6.45) is 0.947. The minimum atomic E-state index is 0.896. The maximum absolute atomic E-state index is 6.60. The molecule has 0 N–H and O–H groups in total. The van der Waals surface area contributed by atoms with Gasteiger partial charge in [-0.3, -0.25) is 0 Å². The molecule has 3 aromatic heterocycles. The van der Waals surface area contributed by atoms with Crippen molar-refractivity contribution in [2.75, 3.05) is 9.80 Å². The fraction of sp³-hybridized carbons (Fsp3) is 0.0631. The van der Waals surface area contributed by atoms with Crippen LogP contribution in [-0.2, 0) is 6.42 Å². The van der Waals surface area contributed by atoms with Crippen LogP contribution >= 0.6 is 31.9 Å². The third-order valence-corrected chi connectivity index (χ3v) is 25.7. The number of benzene rings is 20. The monoisotopic (exact) mass is 1640 g/mol. The molecule has 0 bridgehead atoms. The van der Waals surface area contributed by atoms with Crippen LogP contribution in [0.25, 0.3) is 164 Å². The van der Waals surface area contributed by atoms with E-state index >= 15 is 0 Å². The number of aryl methyl sites for hydroxylation is 6. The Kier molecular flexibility index (Phi) is 17.9. The molecule has 0 saturated heterocycles. The number of hydrogen-bond donors (Lipinski definition) is 0.